The molecule has 44 heavy (non-hydrogen) atoms. The SMILES string of the molecule is CC1(C)Cc2nc(N3CCOCC3Cc3cccc(Nc4ccc(C5=NCCO5)cc4)c3)sc2C(=O)N1.O=C(O)C(F)(F)F. The van der Waals surface area contributed by atoms with Gasteiger partial charge in [0.25, 0.3) is 5.91 Å². The number of ether oxygens (including phenoxy) is 2. The van der Waals surface area contributed by atoms with Gasteiger partial charge in [-0.1, -0.05) is 23.5 Å². The number of anilines is 3. The highest BCUT2D eigenvalue weighted by Gasteiger charge is 2.38. The van der Waals surface area contributed by atoms with E-state index in [4.69, 9.17) is 24.4 Å². The fourth-order valence-electron chi connectivity index (χ4n) is 5.08. The molecule has 4 heterocycles. The van der Waals surface area contributed by atoms with Crippen molar-refractivity contribution < 1.29 is 37.3 Å². The van der Waals surface area contributed by atoms with Crippen molar-refractivity contribution in [3.8, 4) is 0 Å². The van der Waals surface area contributed by atoms with Gasteiger partial charge in [-0.05, 0) is 62.2 Å². The largest absolute Gasteiger partial charge is 0.490 e. The third-order valence-electron chi connectivity index (χ3n) is 7.07. The third-order valence-corrected chi connectivity index (χ3v) is 8.21. The zero-order valence-corrected chi connectivity index (χ0v) is 24.9. The molecule has 6 rings (SSSR count). The zero-order valence-electron chi connectivity index (χ0n) is 24.1. The number of fused-ring (bicyclic) bond motifs is 1. The summed E-state index contributed by atoms with van der Waals surface area (Å²) in [5, 5.41) is 14.6. The van der Waals surface area contributed by atoms with Gasteiger partial charge >= 0.3 is 12.1 Å². The van der Waals surface area contributed by atoms with Crippen molar-refractivity contribution in [1.82, 2.24) is 10.3 Å². The van der Waals surface area contributed by atoms with Crippen molar-refractivity contribution in [3.63, 3.8) is 0 Å². The average molecular weight is 632 g/mol. The minimum Gasteiger partial charge on any atom is -0.476 e. The fraction of sp³-hybridized carbons (Fsp3) is 0.400. The molecule has 1 amide bonds. The summed E-state index contributed by atoms with van der Waals surface area (Å²) in [6, 6.07) is 16.8. The molecule has 14 heteroatoms. The number of aliphatic imine (C=N–C) groups is 1. The Balaban J connectivity index is 0.000000493. The molecule has 1 unspecified atom stereocenters. The second kappa shape index (κ2) is 12.8. The Morgan fingerprint density at radius 3 is 2.61 bits per heavy atom. The number of aromatic nitrogens is 1. The number of nitrogens with zero attached hydrogens (tertiary/aromatic N) is 3. The lowest BCUT2D eigenvalue weighted by molar-refractivity contribution is -0.192. The molecule has 3 aliphatic rings. The lowest BCUT2D eigenvalue weighted by atomic mass is 9.94. The van der Waals surface area contributed by atoms with Gasteiger partial charge in [0.1, 0.15) is 11.5 Å². The standard InChI is InChI=1S/C28H31N5O3S.C2HF3O2/c1-28(2)16-23-24(25(34)32-28)37-27(31-23)33-11-13-35-17-22(33)15-18-4-3-5-21(14-18)30-20-8-6-19(7-9-20)26-29-10-12-36-26;3-2(4,5)1(6)7/h3-9,14,22,30H,10-13,15-17H2,1-2H3,(H,32,34);(H,6,7). The molecular weight excluding hydrogens is 599 g/mol. The van der Waals surface area contributed by atoms with Gasteiger partial charge < -0.3 is 30.1 Å². The molecule has 3 N–H and O–H groups in total. The van der Waals surface area contributed by atoms with Gasteiger partial charge in [-0.25, -0.2) is 14.8 Å². The summed E-state index contributed by atoms with van der Waals surface area (Å²) >= 11 is 1.50. The Labute approximate surface area is 255 Å². The van der Waals surface area contributed by atoms with Crippen LogP contribution in [0.25, 0.3) is 0 Å². The van der Waals surface area contributed by atoms with Crippen LogP contribution in [0.2, 0.25) is 0 Å². The number of benzene rings is 2. The number of carboxylic acid groups (broad SMARTS) is 1. The van der Waals surface area contributed by atoms with Crippen molar-refractivity contribution in [1.29, 1.82) is 0 Å². The summed E-state index contributed by atoms with van der Waals surface area (Å²) in [7, 11) is 0. The molecule has 10 nitrogen and oxygen atoms in total. The molecule has 234 valence electrons. The van der Waals surface area contributed by atoms with Gasteiger partial charge in [0, 0.05) is 35.4 Å². The summed E-state index contributed by atoms with van der Waals surface area (Å²) in [4.78, 5) is 33.9. The summed E-state index contributed by atoms with van der Waals surface area (Å²) in [5.41, 5.74) is 4.90. The molecular formula is C30H32F3N5O5S. The second-order valence-electron chi connectivity index (χ2n) is 11.2. The van der Waals surface area contributed by atoms with E-state index < -0.39 is 12.1 Å². The van der Waals surface area contributed by atoms with Gasteiger partial charge in [-0.2, -0.15) is 13.2 Å². The first-order valence-corrected chi connectivity index (χ1v) is 14.8. The molecule has 3 aromatic rings. The Hall–Kier alpha value is -4.17. The van der Waals surface area contributed by atoms with Crippen LogP contribution in [0.5, 0.6) is 0 Å². The number of aliphatic carboxylic acids is 1. The molecule has 3 aliphatic heterocycles. The number of carbonyl (C=O) groups is 2. The van der Waals surface area contributed by atoms with E-state index in [0.717, 1.165) is 64.5 Å². The van der Waals surface area contributed by atoms with Crippen LogP contribution in [0.15, 0.2) is 53.5 Å². The van der Waals surface area contributed by atoms with Crippen molar-refractivity contribution in [3.05, 3.63) is 70.2 Å². The zero-order chi connectivity index (χ0) is 31.5. The van der Waals surface area contributed by atoms with E-state index >= 15 is 0 Å². The minimum absolute atomic E-state index is 0.0182. The molecule has 0 aliphatic carbocycles. The molecule has 0 saturated carbocycles. The Bertz CT molecular complexity index is 1540. The van der Waals surface area contributed by atoms with Crippen LogP contribution < -0.4 is 15.5 Å². The van der Waals surface area contributed by atoms with E-state index in [1.54, 1.807) is 0 Å². The third kappa shape index (κ3) is 7.66. The van der Waals surface area contributed by atoms with Crippen LogP contribution in [-0.4, -0.2) is 78.5 Å². The average Bonchev–Trinajstić information content (AvgIpc) is 3.64. The Kier molecular flexibility index (Phi) is 9.11. The monoisotopic (exact) mass is 631 g/mol. The van der Waals surface area contributed by atoms with Crippen LogP contribution in [0.4, 0.5) is 29.7 Å². The maximum absolute atomic E-state index is 12.6. The maximum atomic E-state index is 12.6. The Morgan fingerprint density at radius 2 is 1.93 bits per heavy atom. The van der Waals surface area contributed by atoms with Crippen LogP contribution in [0.3, 0.4) is 0 Å². The molecule has 1 fully saturated rings. The number of carbonyl (C=O) groups excluding carboxylic acids is 1. The first kappa shape index (κ1) is 31.3. The summed E-state index contributed by atoms with van der Waals surface area (Å²) in [5.74, 6) is -2.05. The van der Waals surface area contributed by atoms with Gasteiger partial charge in [0.05, 0.1) is 31.5 Å². The van der Waals surface area contributed by atoms with Crippen LogP contribution in [0.1, 0.15) is 40.3 Å². The number of rotatable bonds is 6. The quantitative estimate of drug-likeness (QED) is 0.354. The van der Waals surface area contributed by atoms with Gasteiger partial charge in [-0.3, -0.25) is 4.79 Å². The van der Waals surface area contributed by atoms with Gasteiger partial charge in [0.2, 0.25) is 5.90 Å². The van der Waals surface area contributed by atoms with Crippen molar-refractivity contribution in [2.24, 2.45) is 4.99 Å². The molecule has 2 aromatic carbocycles. The summed E-state index contributed by atoms with van der Waals surface area (Å²) in [6.07, 6.45) is -3.51. The summed E-state index contributed by atoms with van der Waals surface area (Å²) in [6.45, 7) is 7.52. The molecule has 0 spiro atoms. The highest BCUT2D eigenvalue weighted by atomic mass is 32.1. The van der Waals surface area contributed by atoms with E-state index in [1.807, 2.05) is 38.1 Å². The highest BCUT2D eigenvalue weighted by molar-refractivity contribution is 7.17. The number of nitrogens with one attached hydrogen (secondary N) is 2. The molecule has 1 aromatic heterocycles. The highest BCUT2D eigenvalue weighted by Crippen LogP contribution is 2.34. The number of hydrogen-bond donors (Lipinski definition) is 3. The second-order valence-corrected chi connectivity index (χ2v) is 12.1. The van der Waals surface area contributed by atoms with E-state index in [9.17, 15) is 18.0 Å². The Morgan fingerprint density at radius 1 is 1.18 bits per heavy atom. The van der Waals surface area contributed by atoms with E-state index in [-0.39, 0.29) is 17.5 Å². The smallest absolute Gasteiger partial charge is 0.476 e. The first-order chi connectivity index (χ1) is 20.9. The lowest BCUT2D eigenvalue weighted by Crippen LogP contribution is -2.48. The number of alkyl halides is 3. The van der Waals surface area contributed by atoms with Crippen molar-refractivity contribution in [2.45, 2.75) is 44.4 Å². The van der Waals surface area contributed by atoms with E-state index in [2.05, 4.69) is 44.8 Å². The maximum Gasteiger partial charge on any atom is 0.490 e. The van der Waals surface area contributed by atoms with Crippen LogP contribution >= 0.6 is 11.3 Å². The fourth-order valence-corrected chi connectivity index (χ4v) is 6.16. The lowest BCUT2D eigenvalue weighted by Gasteiger charge is -2.35. The molecule has 1 saturated heterocycles. The normalized spacial score (nSPS) is 19.1. The van der Waals surface area contributed by atoms with E-state index in [0.29, 0.717) is 19.8 Å². The van der Waals surface area contributed by atoms with Crippen LogP contribution in [-0.2, 0) is 27.1 Å². The van der Waals surface area contributed by atoms with Gasteiger partial charge in [-0.15, -0.1) is 0 Å². The number of amides is 1. The number of hydrogen-bond acceptors (Lipinski definition) is 9. The van der Waals surface area contributed by atoms with Gasteiger partial charge in [0.15, 0.2) is 5.13 Å². The summed E-state index contributed by atoms with van der Waals surface area (Å²) < 4.78 is 43.2. The molecule has 1 atom stereocenters. The predicted molar refractivity (Wildman–Crippen MR) is 160 cm³/mol. The number of carboxylic acids is 1. The predicted octanol–water partition coefficient (Wildman–Crippen LogP) is 4.81. The van der Waals surface area contributed by atoms with Crippen molar-refractivity contribution in [2.75, 3.05) is 43.1 Å². The number of thiazole rings is 1. The molecule has 0 bridgehead atoms. The number of halogens is 3. The van der Waals surface area contributed by atoms with Crippen LogP contribution in [0, 0.1) is 0 Å². The number of morpholine rings is 1. The minimum atomic E-state index is -5.08. The topological polar surface area (TPSA) is 125 Å². The van der Waals surface area contributed by atoms with Crippen molar-refractivity contribution >= 4 is 45.6 Å². The van der Waals surface area contributed by atoms with E-state index in [1.165, 1.54) is 16.9 Å². The first-order valence-electron chi connectivity index (χ1n) is 14.0. The molecule has 0 radical (unpaired) electrons.